The summed E-state index contributed by atoms with van der Waals surface area (Å²) in [5, 5.41) is 0.854. The minimum atomic E-state index is 0.461. The maximum Gasteiger partial charge on any atom is 0.0444 e. The van der Waals surface area contributed by atoms with E-state index in [0.29, 0.717) is 11.8 Å². The molecule has 1 aromatic rings. The molecule has 0 aromatic heterocycles. The Kier molecular flexibility index (Phi) is 4.66. The lowest BCUT2D eigenvalue weighted by Crippen LogP contribution is -2.12. The zero-order chi connectivity index (χ0) is 13.8. The standard InChI is InChI=1S/C18H21Cl/c1-13(2)16-9-10-17(14(3)11-16)12-18(19)15-7-5-4-6-8-15/h4-8,11-12,16-17H,1,9-10H2,2-3H3/b18-12-/t16-,17?/m0/s1. The summed E-state index contributed by atoms with van der Waals surface area (Å²) in [6.45, 7) is 8.37. The molecular weight excluding hydrogens is 252 g/mol. The van der Waals surface area contributed by atoms with Gasteiger partial charge in [-0.25, -0.2) is 0 Å². The predicted molar refractivity (Wildman–Crippen MR) is 85.1 cm³/mol. The summed E-state index contributed by atoms with van der Waals surface area (Å²) < 4.78 is 0. The van der Waals surface area contributed by atoms with Crippen molar-refractivity contribution in [3.05, 3.63) is 65.8 Å². The highest BCUT2D eigenvalue weighted by molar-refractivity contribution is 6.48. The smallest absolute Gasteiger partial charge is 0.0444 e. The zero-order valence-corrected chi connectivity index (χ0v) is 12.5. The van der Waals surface area contributed by atoms with Crippen LogP contribution >= 0.6 is 11.6 Å². The molecule has 0 spiro atoms. The van der Waals surface area contributed by atoms with E-state index in [1.807, 2.05) is 18.2 Å². The lowest BCUT2D eigenvalue weighted by atomic mass is 9.80. The van der Waals surface area contributed by atoms with Gasteiger partial charge in [-0.1, -0.05) is 71.8 Å². The van der Waals surface area contributed by atoms with Gasteiger partial charge in [-0.05, 0) is 44.1 Å². The van der Waals surface area contributed by atoms with E-state index < -0.39 is 0 Å². The first kappa shape index (κ1) is 14.1. The molecule has 100 valence electrons. The van der Waals surface area contributed by atoms with Gasteiger partial charge in [0, 0.05) is 5.03 Å². The van der Waals surface area contributed by atoms with Crippen LogP contribution in [0.2, 0.25) is 0 Å². The molecule has 1 aliphatic carbocycles. The quantitative estimate of drug-likeness (QED) is 0.609. The van der Waals surface area contributed by atoms with Crippen LogP contribution in [0.3, 0.4) is 0 Å². The van der Waals surface area contributed by atoms with E-state index in [0.717, 1.165) is 17.0 Å². The van der Waals surface area contributed by atoms with Gasteiger partial charge in [0.05, 0.1) is 0 Å². The molecule has 1 heteroatoms. The second-order valence-electron chi connectivity index (χ2n) is 5.43. The number of hydrogen-bond donors (Lipinski definition) is 0. The van der Waals surface area contributed by atoms with Crippen molar-refractivity contribution in [2.24, 2.45) is 11.8 Å². The van der Waals surface area contributed by atoms with Crippen LogP contribution in [0.4, 0.5) is 0 Å². The van der Waals surface area contributed by atoms with Crippen molar-refractivity contribution in [3.8, 4) is 0 Å². The monoisotopic (exact) mass is 272 g/mol. The molecule has 0 N–H and O–H groups in total. The molecular formula is C18H21Cl. The SMILES string of the molecule is C=C(C)[C@@H]1C=C(C)C(/C=C(\Cl)c2ccccc2)CC1. The second kappa shape index (κ2) is 6.25. The molecule has 1 unspecified atom stereocenters. The summed E-state index contributed by atoms with van der Waals surface area (Å²) in [7, 11) is 0. The zero-order valence-electron chi connectivity index (χ0n) is 11.7. The van der Waals surface area contributed by atoms with Gasteiger partial charge in [0.15, 0.2) is 0 Å². The second-order valence-corrected chi connectivity index (χ2v) is 5.84. The Morgan fingerprint density at radius 2 is 1.95 bits per heavy atom. The Balaban J connectivity index is 2.16. The first-order valence-corrected chi connectivity index (χ1v) is 7.22. The van der Waals surface area contributed by atoms with Crippen molar-refractivity contribution < 1.29 is 0 Å². The minimum absolute atomic E-state index is 0.461. The third kappa shape index (κ3) is 3.61. The van der Waals surface area contributed by atoms with Crippen LogP contribution in [-0.2, 0) is 0 Å². The highest BCUT2D eigenvalue weighted by Gasteiger charge is 2.19. The largest absolute Gasteiger partial charge is 0.0995 e. The normalized spacial score (nSPS) is 23.9. The summed E-state index contributed by atoms with van der Waals surface area (Å²) in [5.41, 5.74) is 3.77. The Bertz CT molecular complexity index is 508. The highest BCUT2D eigenvalue weighted by atomic mass is 35.5. The predicted octanol–water partition coefficient (Wildman–Crippen LogP) is 5.81. The van der Waals surface area contributed by atoms with Crippen LogP contribution in [0.15, 0.2) is 60.2 Å². The molecule has 1 aromatic carbocycles. The highest BCUT2D eigenvalue weighted by Crippen LogP contribution is 2.34. The molecule has 0 saturated carbocycles. The summed E-state index contributed by atoms with van der Waals surface area (Å²) in [6.07, 6.45) is 6.87. The molecule has 0 fully saturated rings. The number of allylic oxidation sites excluding steroid dienone is 4. The summed E-state index contributed by atoms with van der Waals surface area (Å²) in [6, 6.07) is 10.2. The third-order valence-electron chi connectivity index (χ3n) is 3.87. The molecule has 0 heterocycles. The number of halogens is 1. The number of rotatable bonds is 3. The Hall–Kier alpha value is -1.27. The van der Waals surface area contributed by atoms with Gasteiger partial charge in [-0.3, -0.25) is 0 Å². The van der Waals surface area contributed by atoms with Gasteiger partial charge >= 0.3 is 0 Å². The third-order valence-corrected chi connectivity index (χ3v) is 4.21. The van der Waals surface area contributed by atoms with Crippen LogP contribution < -0.4 is 0 Å². The van der Waals surface area contributed by atoms with Gasteiger partial charge in [-0.15, -0.1) is 0 Å². The molecule has 0 saturated heterocycles. The first-order valence-electron chi connectivity index (χ1n) is 6.84. The molecule has 1 aliphatic rings. The molecule has 2 atom stereocenters. The molecule has 0 radical (unpaired) electrons. The number of benzene rings is 1. The van der Waals surface area contributed by atoms with Crippen LogP contribution in [0, 0.1) is 11.8 Å². The van der Waals surface area contributed by atoms with Gasteiger partial charge in [-0.2, -0.15) is 0 Å². The average molecular weight is 273 g/mol. The van der Waals surface area contributed by atoms with Gasteiger partial charge in [0.25, 0.3) is 0 Å². The first-order chi connectivity index (χ1) is 9.08. The van der Waals surface area contributed by atoms with E-state index in [-0.39, 0.29) is 0 Å². The van der Waals surface area contributed by atoms with Crippen LogP contribution in [-0.4, -0.2) is 0 Å². The fourth-order valence-corrected chi connectivity index (χ4v) is 2.86. The molecule has 0 nitrogen and oxygen atoms in total. The minimum Gasteiger partial charge on any atom is -0.0995 e. The van der Waals surface area contributed by atoms with Crippen molar-refractivity contribution in [2.75, 3.05) is 0 Å². The van der Waals surface area contributed by atoms with Crippen molar-refractivity contribution in [2.45, 2.75) is 26.7 Å². The van der Waals surface area contributed by atoms with E-state index >= 15 is 0 Å². The van der Waals surface area contributed by atoms with E-state index in [1.54, 1.807) is 0 Å². The molecule has 0 amide bonds. The summed E-state index contributed by atoms with van der Waals surface area (Å²) in [4.78, 5) is 0. The molecule has 0 aliphatic heterocycles. The molecule has 2 rings (SSSR count). The molecule has 0 bridgehead atoms. The lowest BCUT2D eigenvalue weighted by Gasteiger charge is -2.25. The van der Waals surface area contributed by atoms with Crippen molar-refractivity contribution in [1.29, 1.82) is 0 Å². The Morgan fingerprint density at radius 1 is 1.26 bits per heavy atom. The van der Waals surface area contributed by atoms with Gasteiger partial charge < -0.3 is 0 Å². The van der Waals surface area contributed by atoms with Crippen LogP contribution in [0.25, 0.3) is 5.03 Å². The van der Waals surface area contributed by atoms with Crippen molar-refractivity contribution >= 4 is 16.6 Å². The maximum atomic E-state index is 6.42. The van der Waals surface area contributed by atoms with Crippen LogP contribution in [0.5, 0.6) is 0 Å². The van der Waals surface area contributed by atoms with Gasteiger partial charge in [0.1, 0.15) is 0 Å². The summed E-state index contributed by atoms with van der Waals surface area (Å²) >= 11 is 6.42. The summed E-state index contributed by atoms with van der Waals surface area (Å²) in [5.74, 6) is 1.00. The Labute approximate surface area is 121 Å². The van der Waals surface area contributed by atoms with Gasteiger partial charge in [0.2, 0.25) is 0 Å². The lowest BCUT2D eigenvalue weighted by molar-refractivity contribution is 0.524. The fraction of sp³-hybridized carbons (Fsp3) is 0.333. The molecule has 19 heavy (non-hydrogen) atoms. The Morgan fingerprint density at radius 3 is 2.53 bits per heavy atom. The van der Waals surface area contributed by atoms with Crippen molar-refractivity contribution in [3.63, 3.8) is 0 Å². The number of hydrogen-bond acceptors (Lipinski definition) is 0. The fourth-order valence-electron chi connectivity index (χ4n) is 2.58. The van der Waals surface area contributed by atoms with Crippen LogP contribution in [0.1, 0.15) is 32.3 Å². The maximum absolute atomic E-state index is 6.42. The van der Waals surface area contributed by atoms with E-state index in [4.69, 9.17) is 11.6 Å². The average Bonchev–Trinajstić information content (AvgIpc) is 2.41. The topological polar surface area (TPSA) is 0 Å². The van der Waals surface area contributed by atoms with E-state index in [9.17, 15) is 0 Å². The van der Waals surface area contributed by atoms with E-state index in [2.05, 4.69) is 44.7 Å². The van der Waals surface area contributed by atoms with Crippen molar-refractivity contribution in [1.82, 2.24) is 0 Å². The van der Waals surface area contributed by atoms with E-state index in [1.165, 1.54) is 17.6 Å².